The van der Waals surface area contributed by atoms with Crippen molar-refractivity contribution in [2.45, 2.75) is 59.3 Å². The minimum absolute atomic E-state index is 0.652. The first kappa shape index (κ1) is 12.4. The third-order valence-corrected chi connectivity index (χ3v) is 5.33. The van der Waals surface area contributed by atoms with E-state index in [-0.39, 0.29) is 0 Å². The Kier molecular flexibility index (Phi) is 3.94. The van der Waals surface area contributed by atoms with E-state index >= 15 is 0 Å². The first-order valence-electron chi connectivity index (χ1n) is 7.44. The van der Waals surface area contributed by atoms with Gasteiger partial charge >= 0.3 is 0 Å². The van der Waals surface area contributed by atoms with E-state index in [9.17, 15) is 0 Å². The molecule has 4 atom stereocenters. The predicted octanol–water partition coefficient (Wildman–Crippen LogP) is 4.27. The average molecular weight is 224 g/mol. The molecule has 0 spiro atoms. The molecule has 2 bridgehead atoms. The van der Waals surface area contributed by atoms with E-state index in [0.29, 0.717) is 5.41 Å². The molecular formula is C15H28O. The maximum Gasteiger partial charge on any atom is 0.0527 e. The van der Waals surface area contributed by atoms with Crippen LogP contribution in [0.15, 0.2) is 0 Å². The Balaban J connectivity index is 0.000000457. The lowest BCUT2D eigenvalue weighted by Gasteiger charge is -2.39. The van der Waals surface area contributed by atoms with Crippen molar-refractivity contribution in [3.05, 3.63) is 0 Å². The van der Waals surface area contributed by atoms with E-state index < -0.39 is 0 Å². The summed E-state index contributed by atoms with van der Waals surface area (Å²) >= 11 is 0. The summed E-state index contributed by atoms with van der Waals surface area (Å²) < 4.78 is 5.77. The summed E-state index contributed by atoms with van der Waals surface area (Å²) in [5, 5.41) is 0. The number of fused-ring (bicyclic) bond motifs is 5. The van der Waals surface area contributed by atoms with Gasteiger partial charge in [-0.2, -0.15) is 0 Å². The summed E-state index contributed by atoms with van der Waals surface area (Å²) in [4.78, 5) is 0. The van der Waals surface area contributed by atoms with Crippen molar-refractivity contribution in [3.8, 4) is 0 Å². The van der Waals surface area contributed by atoms with E-state index in [1.165, 1.54) is 38.5 Å². The van der Waals surface area contributed by atoms with Gasteiger partial charge in [-0.05, 0) is 62.2 Å². The van der Waals surface area contributed by atoms with Crippen LogP contribution in [0.4, 0.5) is 0 Å². The maximum atomic E-state index is 5.77. The molecule has 4 unspecified atom stereocenters. The summed E-state index contributed by atoms with van der Waals surface area (Å²) in [6.45, 7) is 8.12. The van der Waals surface area contributed by atoms with Crippen LogP contribution in [0.2, 0.25) is 0 Å². The number of ether oxygens (including phenoxy) is 1. The van der Waals surface area contributed by atoms with Gasteiger partial charge < -0.3 is 4.74 Å². The highest BCUT2D eigenvalue weighted by Crippen LogP contribution is 2.66. The molecule has 3 aliphatic carbocycles. The standard InChI is InChI=1S/C13H22O.C2H6/c1-2-14-9-13-7-3-4-12(13)10-5-6-11(13)8-10;1-2/h10-12H,2-9H2,1H3;1-2H3. The quantitative estimate of drug-likeness (QED) is 0.696. The van der Waals surface area contributed by atoms with Gasteiger partial charge in [0.2, 0.25) is 0 Å². The fraction of sp³-hybridized carbons (Fsp3) is 1.00. The summed E-state index contributed by atoms with van der Waals surface area (Å²) in [6.07, 6.45) is 9.03. The Bertz CT molecular complexity index is 225. The molecule has 3 rings (SSSR count). The van der Waals surface area contributed by atoms with Crippen LogP contribution in [0.1, 0.15) is 59.3 Å². The van der Waals surface area contributed by atoms with Crippen molar-refractivity contribution >= 4 is 0 Å². The molecule has 0 radical (unpaired) electrons. The Labute approximate surface area is 101 Å². The Morgan fingerprint density at radius 1 is 1.19 bits per heavy atom. The van der Waals surface area contributed by atoms with Gasteiger partial charge in [-0.25, -0.2) is 0 Å². The van der Waals surface area contributed by atoms with Gasteiger partial charge in [0.05, 0.1) is 6.61 Å². The molecule has 3 aliphatic rings. The minimum Gasteiger partial charge on any atom is -0.381 e. The minimum atomic E-state index is 0.652. The summed E-state index contributed by atoms with van der Waals surface area (Å²) in [5.41, 5.74) is 0.652. The van der Waals surface area contributed by atoms with Crippen LogP contribution in [-0.4, -0.2) is 13.2 Å². The number of hydrogen-bond donors (Lipinski definition) is 0. The van der Waals surface area contributed by atoms with Gasteiger partial charge in [0, 0.05) is 6.61 Å². The zero-order valence-electron chi connectivity index (χ0n) is 11.3. The summed E-state index contributed by atoms with van der Waals surface area (Å²) in [5.74, 6) is 3.17. The molecule has 0 N–H and O–H groups in total. The normalized spacial score (nSPS) is 44.1. The lowest BCUT2D eigenvalue weighted by molar-refractivity contribution is -0.00794. The predicted molar refractivity (Wildman–Crippen MR) is 68.4 cm³/mol. The molecule has 16 heavy (non-hydrogen) atoms. The van der Waals surface area contributed by atoms with Crippen molar-refractivity contribution < 1.29 is 4.74 Å². The maximum absolute atomic E-state index is 5.77. The van der Waals surface area contributed by atoms with Gasteiger partial charge in [-0.3, -0.25) is 0 Å². The molecule has 1 heteroatoms. The van der Waals surface area contributed by atoms with E-state index in [2.05, 4.69) is 6.92 Å². The Morgan fingerprint density at radius 2 is 2.00 bits per heavy atom. The second-order valence-electron chi connectivity index (χ2n) is 5.64. The monoisotopic (exact) mass is 224 g/mol. The fourth-order valence-corrected chi connectivity index (χ4v) is 4.83. The smallest absolute Gasteiger partial charge is 0.0527 e. The summed E-state index contributed by atoms with van der Waals surface area (Å²) in [7, 11) is 0. The third kappa shape index (κ3) is 1.72. The zero-order chi connectivity index (χ0) is 11.6. The lowest BCUT2D eigenvalue weighted by atomic mass is 9.68. The van der Waals surface area contributed by atoms with Gasteiger partial charge in [0.1, 0.15) is 0 Å². The number of hydrogen-bond acceptors (Lipinski definition) is 1. The molecule has 0 amide bonds. The topological polar surface area (TPSA) is 9.23 Å². The van der Waals surface area contributed by atoms with E-state index in [4.69, 9.17) is 4.74 Å². The third-order valence-electron chi connectivity index (χ3n) is 5.33. The molecule has 0 aliphatic heterocycles. The molecule has 0 aromatic rings. The molecule has 3 fully saturated rings. The van der Waals surface area contributed by atoms with Crippen LogP contribution < -0.4 is 0 Å². The molecule has 1 nitrogen and oxygen atoms in total. The van der Waals surface area contributed by atoms with E-state index in [1.807, 2.05) is 13.8 Å². The van der Waals surface area contributed by atoms with Crippen LogP contribution >= 0.6 is 0 Å². The molecular weight excluding hydrogens is 196 g/mol. The van der Waals surface area contributed by atoms with Crippen molar-refractivity contribution in [2.75, 3.05) is 13.2 Å². The van der Waals surface area contributed by atoms with Gasteiger partial charge in [0.25, 0.3) is 0 Å². The Hall–Kier alpha value is -0.0400. The van der Waals surface area contributed by atoms with Gasteiger partial charge in [-0.1, -0.05) is 20.3 Å². The largest absolute Gasteiger partial charge is 0.381 e. The van der Waals surface area contributed by atoms with Crippen LogP contribution in [-0.2, 0) is 4.74 Å². The Morgan fingerprint density at radius 3 is 2.75 bits per heavy atom. The van der Waals surface area contributed by atoms with Crippen molar-refractivity contribution in [1.82, 2.24) is 0 Å². The van der Waals surface area contributed by atoms with Crippen molar-refractivity contribution in [1.29, 1.82) is 0 Å². The lowest BCUT2D eigenvalue weighted by Crippen LogP contribution is -2.36. The van der Waals surface area contributed by atoms with Crippen molar-refractivity contribution in [3.63, 3.8) is 0 Å². The molecule has 0 aromatic carbocycles. The highest BCUT2D eigenvalue weighted by molar-refractivity contribution is 5.08. The molecule has 0 heterocycles. The van der Waals surface area contributed by atoms with Crippen LogP contribution in [0, 0.1) is 23.2 Å². The summed E-state index contributed by atoms with van der Waals surface area (Å²) in [6, 6.07) is 0. The first-order valence-corrected chi connectivity index (χ1v) is 7.44. The van der Waals surface area contributed by atoms with E-state index in [1.54, 1.807) is 0 Å². The second kappa shape index (κ2) is 5.08. The van der Waals surface area contributed by atoms with Gasteiger partial charge in [0.15, 0.2) is 0 Å². The van der Waals surface area contributed by atoms with Crippen molar-refractivity contribution in [2.24, 2.45) is 23.2 Å². The SMILES string of the molecule is CC.CCOCC12CCCC1C1CCC2C1. The highest BCUT2D eigenvalue weighted by Gasteiger charge is 2.59. The van der Waals surface area contributed by atoms with Crippen LogP contribution in [0.3, 0.4) is 0 Å². The van der Waals surface area contributed by atoms with Crippen LogP contribution in [0.5, 0.6) is 0 Å². The van der Waals surface area contributed by atoms with Gasteiger partial charge in [-0.15, -0.1) is 0 Å². The molecule has 0 saturated heterocycles. The zero-order valence-corrected chi connectivity index (χ0v) is 11.3. The van der Waals surface area contributed by atoms with E-state index in [0.717, 1.165) is 31.0 Å². The first-order chi connectivity index (χ1) is 7.87. The highest BCUT2D eigenvalue weighted by atomic mass is 16.5. The fourth-order valence-electron chi connectivity index (χ4n) is 4.83. The second-order valence-corrected chi connectivity index (χ2v) is 5.64. The molecule has 3 saturated carbocycles. The molecule has 94 valence electrons. The number of rotatable bonds is 3. The van der Waals surface area contributed by atoms with Crippen LogP contribution in [0.25, 0.3) is 0 Å². The molecule has 0 aromatic heterocycles. The average Bonchev–Trinajstić information content (AvgIpc) is 3.01.